The lowest BCUT2D eigenvalue weighted by Gasteiger charge is -2.34. The standard InChI is InChI=1S/C54H36OSi/c1-4-18-38(19-5-1)56(39-20-6-2-7-21-39,40-22-8-3-9-23-40)52-33-17-32-50-49-31-16-30-41(53(49)55-54(50)52)37-34-35-48-46-28-13-12-26-44(46)42-24-10-11-25-43(42)45-27-14-15-29-47(45)51(48)36-37/h1-36H. The number of furan rings is 1. The quantitative estimate of drug-likeness (QED) is 0.127. The summed E-state index contributed by atoms with van der Waals surface area (Å²) < 4.78 is 7.34. The zero-order chi connectivity index (χ0) is 37.1. The molecular weight excluding hydrogens is 693 g/mol. The molecule has 56 heavy (non-hydrogen) atoms. The van der Waals surface area contributed by atoms with E-state index in [1.165, 1.54) is 65.3 Å². The summed E-state index contributed by atoms with van der Waals surface area (Å²) in [5.74, 6) is 0. The molecule has 0 spiro atoms. The van der Waals surface area contributed by atoms with Gasteiger partial charge in [-0.15, -0.1) is 0 Å². The lowest BCUT2D eigenvalue weighted by Crippen LogP contribution is -2.74. The molecule has 0 radical (unpaired) electrons. The molecule has 1 heterocycles. The molecule has 1 aliphatic carbocycles. The summed E-state index contributed by atoms with van der Waals surface area (Å²) in [4.78, 5) is 0. The Hall–Kier alpha value is -7.00. The van der Waals surface area contributed by atoms with Gasteiger partial charge in [0.15, 0.2) is 8.07 Å². The summed E-state index contributed by atoms with van der Waals surface area (Å²) >= 11 is 0. The monoisotopic (exact) mass is 728 g/mol. The minimum absolute atomic E-state index is 0.914. The lowest BCUT2D eigenvalue weighted by molar-refractivity contribution is 0.672. The molecule has 0 atom stereocenters. The maximum atomic E-state index is 7.34. The van der Waals surface area contributed by atoms with E-state index in [4.69, 9.17) is 4.42 Å². The number of hydrogen-bond donors (Lipinski definition) is 0. The Kier molecular flexibility index (Phi) is 7.58. The topological polar surface area (TPSA) is 13.1 Å². The molecule has 0 saturated heterocycles. The molecule has 1 nitrogen and oxygen atoms in total. The minimum atomic E-state index is -2.85. The van der Waals surface area contributed by atoms with E-state index in [0.717, 1.165) is 33.1 Å². The number of hydrogen-bond acceptors (Lipinski definition) is 1. The van der Waals surface area contributed by atoms with E-state index in [0.29, 0.717) is 0 Å². The molecule has 10 aromatic rings. The molecule has 2 heteroatoms. The second kappa shape index (κ2) is 13.1. The van der Waals surface area contributed by atoms with Crippen LogP contribution in [0.4, 0.5) is 0 Å². The van der Waals surface area contributed by atoms with Gasteiger partial charge in [0.05, 0.1) is 0 Å². The molecule has 0 unspecified atom stereocenters. The van der Waals surface area contributed by atoms with Crippen molar-refractivity contribution in [1.82, 2.24) is 0 Å². The van der Waals surface area contributed by atoms with Crippen LogP contribution in [0.25, 0.3) is 77.6 Å². The summed E-state index contributed by atoms with van der Waals surface area (Å²) in [6.07, 6.45) is 0. The average molecular weight is 729 g/mol. The van der Waals surface area contributed by atoms with Gasteiger partial charge in [0, 0.05) is 16.3 Å². The van der Waals surface area contributed by atoms with E-state index in [1.807, 2.05) is 0 Å². The van der Waals surface area contributed by atoms with Gasteiger partial charge in [-0.25, -0.2) is 0 Å². The van der Waals surface area contributed by atoms with Crippen molar-refractivity contribution >= 4 is 50.8 Å². The van der Waals surface area contributed by atoms with E-state index >= 15 is 0 Å². The van der Waals surface area contributed by atoms with Crippen molar-refractivity contribution in [2.45, 2.75) is 0 Å². The number of benzene rings is 9. The highest BCUT2D eigenvalue weighted by Crippen LogP contribution is 2.49. The normalized spacial score (nSPS) is 11.9. The molecule has 0 bridgehead atoms. The minimum Gasteiger partial charge on any atom is -0.455 e. The molecular formula is C54H36OSi. The van der Waals surface area contributed by atoms with Crippen molar-refractivity contribution in [2.24, 2.45) is 0 Å². The maximum Gasteiger partial charge on any atom is 0.184 e. The van der Waals surface area contributed by atoms with E-state index in [9.17, 15) is 0 Å². The van der Waals surface area contributed by atoms with Gasteiger partial charge in [-0.3, -0.25) is 0 Å². The largest absolute Gasteiger partial charge is 0.455 e. The van der Waals surface area contributed by atoms with Crippen molar-refractivity contribution in [3.05, 3.63) is 218 Å². The average Bonchev–Trinajstić information content (AvgIpc) is 3.67. The summed E-state index contributed by atoms with van der Waals surface area (Å²) in [6.45, 7) is 0. The highest BCUT2D eigenvalue weighted by molar-refractivity contribution is 7.20. The molecule has 262 valence electrons. The first-order chi connectivity index (χ1) is 27.8. The van der Waals surface area contributed by atoms with Gasteiger partial charge in [-0.05, 0) is 76.9 Å². The van der Waals surface area contributed by atoms with Gasteiger partial charge < -0.3 is 4.42 Å². The van der Waals surface area contributed by atoms with Gasteiger partial charge in [0.1, 0.15) is 11.2 Å². The SMILES string of the molecule is c1ccc([Si](c2ccccc2)(c2ccccc2)c2cccc3c2oc2c(-c4ccc5c(c4)-c4ccccc4-c4ccccc4-c4ccccc4-5)cccc23)cc1. The van der Waals surface area contributed by atoms with Crippen molar-refractivity contribution in [1.29, 1.82) is 0 Å². The number of para-hydroxylation sites is 2. The molecule has 0 aliphatic heterocycles. The van der Waals surface area contributed by atoms with Crippen LogP contribution < -0.4 is 20.7 Å². The van der Waals surface area contributed by atoms with Crippen LogP contribution in [0, 0.1) is 0 Å². The summed E-state index contributed by atoms with van der Waals surface area (Å²) in [5, 5.41) is 7.50. The van der Waals surface area contributed by atoms with Gasteiger partial charge in [0.2, 0.25) is 0 Å². The van der Waals surface area contributed by atoms with Crippen LogP contribution in [0.2, 0.25) is 0 Å². The predicted octanol–water partition coefficient (Wildman–Crippen LogP) is 11.6. The maximum absolute atomic E-state index is 7.34. The first-order valence-electron chi connectivity index (χ1n) is 19.3. The van der Waals surface area contributed by atoms with Crippen molar-refractivity contribution in [3.63, 3.8) is 0 Å². The van der Waals surface area contributed by atoms with Crippen LogP contribution in [-0.2, 0) is 0 Å². The first kappa shape index (κ1) is 32.4. The Morgan fingerprint density at radius 1 is 0.268 bits per heavy atom. The zero-order valence-corrected chi connectivity index (χ0v) is 31.7. The number of rotatable bonds is 5. The van der Waals surface area contributed by atoms with Crippen LogP contribution in [-0.4, -0.2) is 8.07 Å². The van der Waals surface area contributed by atoms with E-state index in [1.54, 1.807) is 0 Å². The summed E-state index contributed by atoms with van der Waals surface area (Å²) in [7, 11) is -2.85. The third-order valence-corrected chi connectivity index (χ3v) is 16.6. The Morgan fingerprint density at radius 2 is 0.643 bits per heavy atom. The van der Waals surface area contributed by atoms with Crippen LogP contribution >= 0.6 is 0 Å². The molecule has 9 aromatic carbocycles. The highest BCUT2D eigenvalue weighted by atomic mass is 28.3. The third kappa shape index (κ3) is 4.86. The van der Waals surface area contributed by atoms with Gasteiger partial charge in [-0.1, -0.05) is 212 Å². The van der Waals surface area contributed by atoms with Gasteiger partial charge >= 0.3 is 0 Å². The Labute approximate surface area is 327 Å². The van der Waals surface area contributed by atoms with Crippen molar-refractivity contribution in [3.8, 4) is 55.6 Å². The van der Waals surface area contributed by atoms with Gasteiger partial charge in [-0.2, -0.15) is 0 Å². The Morgan fingerprint density at radius 3 is 1.12 bits per heavy atom. The third-order valence-electron chi connectivity index (χ3n) is 11.8. The van der Waals surface area contributed by atoms with Crippen LogP contribution in [0.5, 0.6) is 0 Å². The fourth-order valence-corrected chi connectivity index (χ4v) is 14.3. The van der Waals surface area contributed by atoms with Crippen molar-refractivity contribution < 1.29 is 4.42 Å². The summed E-state index contributed by atoms with van der Waals surface area (Å²) in [5.41, 5.74) is 14.0. The predicted molar refractivity (Wildman–Crippen MR) is 238 cm³/mol. The second-order valence-electron chi connectivity index (χ2n) is 14.7. The summed E-state index contributed by atoms with van der Waals surface area (Å²) in [6, 6.07) is 80.2. The molecule has 1 aromatic heterocycles. The zero-order valence-electron chi connectivity index (χ0n) is 30.7. The van der Waals surface area contributed by atoms with Gasteiger partial charge in [0.25, 0.3) is 0 Å². The molecule has 1 aliphatic rings. The first-order valence-corrected chi connectivity index (χ1v) is 21.3. The highest BCUT2D eigenvalue weighted by Gasteiger charge is 2.43. The van der Waals surface area contributed by atoms with Crippen molar-refractivity contribution in [2.75, 3.05) is 0 Å². The van der Waals surface area contributed by atoms with E-state index in [-0.39, 0.29) is 0 Å². The van der Waals surface area contributed by atoms with E-state index < -0.39 is 8.07 Å². The second-order valence-corrected chi connectivity index (χ2v) is 18.5. The molecule has 0 saturated carbocycles. The smallest absolute Gasteiger partial charge is 0.184 e. The fraction of sp³-hybridized carbons (Fsp3) is 0. The Balaban J connectivity index is 1.18. The Bertz CT molecular complexity index is 2970. The molecule has 0 fully saturated rings. The van der Waals surface area contributed by atoms with Crippen LogP contribution in [0.15, 0.2) is 223 Å². The molecule has 0 N–H and O–H groups in total. The fourth-order valence-electron chi connectivity index (χ4n) is 9.40. The van der Waals surface area contributed by atoms with Crippen LogP contribution in [0.1, 0.15) is 0 Å². The molecule has 11 rings (SSSR count). The lowest BCUT2D eigenvalue weighted by atomic mass is 9.80. The van der Waals surface area contributed by atoms with Crippen LogP contribution in [0.3, 0.4) is 0 Å². The molecule has 0 amide bonds. The van der Waals surface area contributed by atoms with E-state index in [2.05, 4.69) is 218 Å². The number of fused-ring (bicyclic) bond motifs is 11.